The number of urea groups is 1. The molecule has 2 amide bonds. The number of anilines is 2. The number of halogens is 1. The molecule has 0 aromatic heterocycles. The molecule has 2 aromatic carbocycles. The van der Waals surface area contributed by atoms with E-state index in [9.17, 15) is 14.3 Å². The van der Waals surface area contributed by atoms with Gasteiger partial charge in [0.25, 0.3) is 0 Å². The van der Waals surface area contributed by atoms with Gasteiger partial charge in [0.15, 0.2) is 0 Å². The van der Waals surface area contributed by atoms with Crippen molar-refractivity contribution >= 4 is 17.4 Å². The number of amides is 2. The van der Waals surface area contributed by atoms with Gasteiger partial charge in [-0.15, -0.1) is 0 Å². The Morgan fingerprint density at radius 1 is 1.10 bits per heavy atom. The molecule has 0 aliphatic carbocycles. The third-order valence-electron chi connectivity index (χ3n) is 2.87. The number of phenolic OH excluding ortho intramolecular Hbond substituents is 1. The molecule has 0 unspecified atom stereocenters. The molecular formula is C15H15FN2O2. The summed E-state index contributed by atoms with van der Waals surface area (Å²) >= 11 is 0. The van der Waals surface area contributed by atoms with E-state index in [-0.39, 0.29) is 5.75 Å². The van der Waals surface area contributed by atoms with Crippen molar-refractivity contribution in [1.29, 1.82) is 0 Å². The number of aryl methyl sites for hydroxylation is 2. The van der Waals surface area contributed by atoms with E-state index in [4.69, 9.17) is 0 Å². The van der Waals surface area contributed by atoms with Crippen molar-refractivity contribution in [3.05, 3.63) is 53.3 Å². The number of hydrogen-bond donors (Lipinski definition) is 3. The Labute approximate surface area is 116 Å². The molecule has 0 atom stereocenters. The molecular weight excluding hydrogens is 259 g/mol. The van der Waals surface area contributed by atoms with Crippen LogP contribution in [-0.2, 0) is 0 Å². The molecule has 0 spiro atoms. The Kier molecular flexibility index (Phi) is 3.89. The number of nitrogens with one attached hydrogen (secondary N) is 2. The first-order valence-corrected chi connectivity index (χ1v) is 6.09. The van der Waals surface area contributed by atoms with Crippen molar-refractivity contribution in [2.45, 2.75) is 13.8 Å². The van der Waals surface area contributed by atoms with Gasteiger partial charge in [0, 0.05) is 11.4 Å². The minimum absolute atomic E-state index is 0.179. The van der Waals surface area contributed by atoms with Crippen molar-refractivity contribution in [2.24, 2.45) is 0 Å². The summed E-state index contributed by atoms with van der Waals surface area (Å²) in [6.45, 7) is 3.52. The summed E-state index contributed by atoms with van der Waals surface area (Å²) < 4.78 is 13.0. The van der Waals surface area contributed by atoms with Crippen LogP contribution in [0.4, 0.5) is 20.6 Å². The molecule has 3 N–H and O–H groups in total. The number of phenols is 1. The minimum atomic E-state index is -0.469. The summed E-state index contributed by atoms with van der Waals surface area (Å²) in [4.78, 5) is 11.8. The first-order chi connectivity index (χ1) is 9.45. The highest BCUT2D eigenvalue weighted by atomic mass is 19.1. The average Bonchev–Trinajstić information content (AvgIpc) is 2.36. The number of aromatic hydroxyl groups is 1. The van der Waals surface area contributed by atoms with Crippen molar-refractivity contribution in [3.63, 3.8) is 0 Å². The molecule has 104 valence electrons. The topological polar surface area (TPSA) is 61.4 Å². The van der Waals surface area contributed by atoms with E-state index in [0.717, 1.165) is 5.56 Å². The lowest BCUT2D eigenvalue weighted by atomic mass is 10.1. The smallest absolute Gasteiger partial charge is 0.323 e. The lowest BCUT2D eigenvalue weighted by molar-refractivity contribution is 0.262. The van der Waals surface area contributed by atoms with Crippen molar-refractivity contribution in [2.75, 3.05) is 10.6 Å². The molecule has 4 nitrogen and oxygen atoms in total. The lowest BCUT2D eigenvalue weighted by Crippen LogP contribution is -2.20. The van der Waals surface area contributed by atoms with Crippen LogP contribution < -0.4 is 10.6 Å². The van der Waals surface area contributed by atoms with E-state index in [0.29, 0.717) is 16.9 Å². The third kappa shape index (κ3) is 3.26. The summed E-state index contributed by atoms with van der Waals surface area (Å²) in [5.74, 6) is -0.238. The predicted molar refractivity (Wildman–Crippen MR) is 76.6 cm³/mol. The first kappa shape index (κ1) is 13.9. The van der Waals surface area contributed by atoms with Crippen LogP contribution in [-0.4, -0.2) is 11.1 Å². The summed E-state index contributed by atoms with van der Waals surface area (Å²) in [6.07, 6.45) is 0. The Balaban J connectivity index is 2.10. The van der Waals surface area contributed by atoms with Gasteiger partial charge in [-0.1, -0.05) is 6.07 Å². The standard InChI is InChI=1S/C15H15FN2O2/c1-9-7-14(19)10(2)6-13(9)18-15(20)17-12-5-3-4-11(16)8-12/h3-8,19H,1-2H3,(H2,17,18,20). The fourth-order valence-corrected chi connectivity index (χ4v) is 1.79. The van der Waals surface area contributed by atoms with Crippen LogP contribution in [0.2, 0.25) is 0 Å². The van der Waals surface area contributed by atoms with E-state index < -0.39 is 11.8 Å². The first-order valence-electron chi connectivity index (χ1n) is 6.09. The zero-order chi connectivity index (χ0) is 14.7. The van der Waals surface area contributed by atoms with E-state index >= 15 is 0 Å². The van der Waals surface area contributed by atoms with Gasteiger partial charge >= 0.3 is 6.03 Å². The van der Waals surface area contributed by atoms with Crippen molar-refractivity contribution in [1.82, 2.24) is 0 Å². The van der Waals surface area contributed by atoms with Gasteiger partial charge in [-0.2, -0.15) is 0 Å². The largest absolute Gasteiger partial charge is 0.508 e. The van der Waals surface area contributed by atoms with Crippen LogP contribution in [0.15, 0.2) is 36.4 Å². The molecule has 0 radical (unpaired) electrons. The molecule has 0 bridgehead atoms. The number of carbonyl (C=O) groups is 1. The molecule has 2 rings (SSSR count). The Bertz CT molecular complexity index is 656. The zero-order valence-corrected chi connectivity index (χ0v) is 11.2. The molecule has 20 heavy (non-hydrogen) atoms. The Morgan fingerprint density at radius 2 is 1.85 bits per heavy atom. The second-order valence-corrected chi connectivity index (χ2v) is 4.54. The fraction of sp³-hybridized carbons (Fsp3) is 0.133. The molecule has 0 aliphatic rings. The summed E-state index contributed by atoms with van der Waals surface area (Å²) in [5, 5.41) is 14.8. The maximum Gasteiger partial charge on any atom is 0.323 e. The molecule has 0 saturated heterocycles. The highest BCUT2D eigenvalue weighted by molar-refractivity contribution is 6.00. The highest BCUT2D eigenvalue weighted by Crippen LogP contribution is 2.25. The van der Waals surface area contributed by atoms with Gasteiger partial charge in [-0.3, -0.25) is 0 Å². The SMILES string of the molecule is Cc1cc(NC(=O)Nc2cccc(F)c2)c(C)cc1O. The number of carbonyl (C=O) groups excluding carboxylic acids is 1. The predicted octanol–water partition coefficient (Wildman–Crippen LogP) is 3.79. The summed E-state index contributed by atoms with van der Waals surface area (Å²) in [5.41, 5.74) is 2.36. The molecule has 5 heteroatoms. The van der Waals surface area contributed by atoms with Gasteiger partial charge in [0.2, 0.25) is 0 Å². The van der Waals surface area contributed by atoms with Crippen LogP contribution in [0.3, 0.4) is 0 Å². The molecule has 2 aromatic rings. The molecule has 0 aliphatic heterocycles. The van der Waals surface area contributed by atoms with Crippen LogP contribution in [0, 0.1) is 19.7 Å². The van der Waals surface area contributed by atoms with Gasteiger partial charge < -0.3 is 15.7 Å². The van der Waals surface area contributed by atoms with E-state index in [1.165, 1.54) is 18.2 Å². The Hall–Kier alpha value is -2.56. The third-order valence-corrected chi connectivity index (χ3v) is 2.87. The number of rotatable bonds is 2. The number of hydrogen-bond acceptors (Lipinski definition) is 2. The normalized spacial score (nSPS) is 10.2. The van der Waals surface area contributed by atoms with Crippen LogP contribution >= 0.6 is 0 Å². The quantitative estimate of drug-likeness (QED) is 0.729. The second kappa shape index (κ2) is 5.61. The maximum absolute atomic E-state index is 13.0. The second-order valence-electron chi connectivity index (χ2n) is 4.54. The van der Waals surface area contributed by atoms with Gasteiger partial charge in [0.05, 0.1) is 0 Å². The van der Waals surface area contributed by atoms with E-state index in [1.807, 2.05) is 0 Å². The van der Waals surface area contributed by atoms with Crippen LogP contribution in [0.25, 0.3) is 0 Å². The monoisotopic (exact) mass is 274 g/mol. The Morgan fingerprint density at radius 3 is 2.55 bits per heavy atom. The molecule has 0 fully saturated rings. The summed E-state index contributed by atoms with van der Waals surface area (Å²) in [6, 6.07) is 8.43. The fourth-order valence-electron chi connectivity index (χ4n) is 1.79. The van der Waals surface area contributed by atoms with E-state index in [2.05, 4.69) is 10.6 Å². The molecule has 0 saturated carbocycles. The summed E-state index contributed by atoms with van der Waals surface area (Å²) in [7, 11) is 0. The van der Waals surface area contributed by atoms with Crippen molar-refractivity contribution < 1.29 is 14.3 Å². The van der Waals surface area contributed by atoms with Gasteiger partial charge in [-0.05, 0) is 55.3 Å². The van der Waals surface area contributed by atoms with Crippen LogP contribution in [0.1, 0.15) is 11.1 Å². The minimum Gasteiger partial charge on any atom is -0.508 e. The number of benzene rings is 2. The zero-order valence-electron chi connectivity index (χ0n) is 11.2. The average molecular weight is 274 g/mol. The van der Waals surface area contributed by atoms with Gasteiger partial charge in [-0.25, -0.2) is 9.18 Å². The maximum atomic E-state index is 13.0. The molecule has 0 heterocycles. The van der Waals surface area contributed by atoms with E-state index in [1.54, 1.807) is 32.0 Å². The highest BCUT2D eigenvalue weighted by Gasteiger charge is 2.08. The lowest BCUT2D eigenvalue weighted by Gasteiger charge is -2.11. The van der Waals surface area contributed by atoms with Crippen LogP contribution in [0.5, 0.6) is 5.75 Å². The van der Waals surface area contributed by atoms with Crippen molar-refractivity contribution in [3.8, 4) is 5.75 Å². The van der Waals surface area contributed by atoms with Gasteiger partial charge in [0.1, 0.15) is 11.6 Å².